The highest BCUT2D eigenvalue weighted by molar-refractivity contribution is 6.01. The van der Waals surface area contributed by atoms with E-state index in [-0.39, 0.29) is 18.6 Å². The zero-order valence-corrected chi connectivity index (χ0v) is 25.4. The van der Waals surface area contributed by atoms with E-state index in [2.05, 4.69) is 17.4 Å². The first-order chi connectivity index (χ1) is 22.1. The molecule has 0 aromatic heterocycles. The highest BCUT2D eigenvalue weighted by Gasteiger charge is 2.53. The maximum absolute atomic E-state index is 14.6. The molecule has 0 saturated carbocycles. The number of amides is 1. The molecule has 4 aromatic rings. The van der Waals surface area contributed by atoms with Crippen LogP contribution in [0.1, 0.15) is 46.8 Å². The molecular formula is C38H38N2O5. The van der Waals surface area contributed by atoms with Gasteiger partial charge in [0, 0.05) is 31.1 Å². The second-order valence-electron chi connectivity index (χ2n) is 11.4. The second-order valence-corrected chi connectivity index (χ2v) is 11.4. The lowest BCUT2D eigenvalue weighted by Crippen LogP contribution is -2.51. The van der Waals surface area contributed by atoms with Crippen molar-refractivity contribution in [2.75, 3.05) is 20.3 Å². The number of aliphatic hydroxyl groups is 1. The largest absolute Gasteiger partial charge is 0.497 e. The molecule has 0 bridgehead atoms. The predicted molar refractivity (Wildman–Crippen MR) is 176 cm³/mol. The molecule has 0 saturated heterocycles. The van der Waals surface area contributed by atoms with Crippen LogP contribution in [0.4, 0.5) is 0 Å². The van der Waals surface area contributed by atoms with Crippen molar-refractivity contribution in [2.24, 2.45) is 4.99 Å². The number of methoxy groups -OCH3 is 1. The zero-order valence-electron chi connectivity index (χ0n) is 25.4. The van der Waals surface area contributed by atoms with Crippen molar-refractivity contribution >= 4 is 17.9 Å². The molecule has 0 radical (unpaired) electrons. The topological polar surface area (TPSA) is 89.4 Å². The van der Waals surface area contributed by atoms with Gasteiger partial charge in [-0.15, -0.1) is 0 Å². The molecule has 7 heteroatoms. The second kappa shape index (κ2) is 13.8. The molecule has 0 fully saturated rings. The number of aliphatic imine (C=N–C) groups is 1. The fourth-order valence-corrected chi connectivity index (χ4v) is 6.03. The minimum Gasteiger partial charge on any atom is -0.497 e. The number of carbonyl (C=O) groups is 1. The summed E-state index contributed by atoms with van der Waals surface area (Å²) in [5.74, 6) is 1.58. The molecule has 0 unspecified atom stereocenters. The van der Waals surface area contributed by atoms with E-state index < -0.39 is 11.6 Å². The third-order valence-electron chi connectivity index (χ3n) is 8.35. The van der Waals surface area contributed by atoms with Crippen LogP contribution in [0.15, 0.2) is 114 Å². The summed E-state index contributed by atoms with van der Waals surface area (Å²) in [5, 5.41) is 12.4. The van der Waals surface area contributed by atoms with E-state index in [1.165, 1.54) is 11.1 Å². The van der Waals surface area contributed by atoms with Crippen molar-refractivity contribution in [2.45, 2.75) is 43.4 Å². The molecule has 45 heavy (non-hydrogen) atoms. The van der Waals surface area contributed by atoms with E-state index in [4.69, 9.17) is 24.3 Å². The van der Waals surface area contributed by atoms with Crippen molar-refractivity contribution in [3.05, 3.63) is 137 Å². The van der Waals surface area contributed by atoms with Crippen LogP contribution in [-0.4, -0.2) is 48.8 Å². The number of rotatable bonds is 12. The monoisotopic (exact) mass is 602 g/mol. The maximum atomic E-state index is 14.6. The Balaban J connectivity index is 1.37. The number of benzene rings is 4. The van der Waals surface area contributed by atoms with Gasteiger partial charge in [0.25, 0.3) is 5.91 Å². The molecule has 2 N–H and O–H groups in total. The fraction of sp³-hybridized carbons (Fsp3) is 0.263. The molecule has 4 aromatic carbocycles. The average molecular weight is 603 g/mol. The standard InChI is InChI=1S/C38H38N2O5/c1-43-34-16-7-15-31(26-34)35-38(21-8-12-27-10-3-2-4-11-27,37(42)39-32-24-29-13-5-6-14-30(29)25-32)40-36(45-35)28-17-19-33(20-18-28)44-23-9-22-41/h2-8,10-20,26,32,35,41H,9,21-25H2,1H3,(H,39,42)/b12-8+/t35-,38-/m1/s1. The number of aliphatic hydroxyl groups excluding tert-OH is 1. The third-order valence-corrected chi connectivity index (χ3v) is 8.35. The van der Waals surface area contributed by atoms with Gasteiger partial charge in [0.1, 0.15) is 11.5 Å². The van der Waals surface area contributed by atoms with Gasteiger partial charge in [0.05, 0.1) is 13.7 Å². The zero-order chi connectivity index (χ0) is 31.1. The molecule has 1 aliphatic heterocycles. The molecule has 7 nitrogen and oxygen atoms in total. The number of hydrogen-bond donors (Lipinski definition) is 2. The Morgan fingerprint density at radius 3 is 2.40 bits per heavy atom. The minimum atomic E-state index is -1.28. The van der Waals surface area contributed by atoms with Crippen molar-refractivity contribution < 1.29 is 24.1 Å². The van der Waals surface area contributed by atoms with Crippen LogP contribution in [-0.2, 0) is 22.4 Å². The summed E-state index contributed by atoms with van der Waals surface area (Å²) in [6.07, 6.45) is 5.76. The molecule has 2 aliphatic rings. The molecule has 230 valence electrons. The van der Waals surface area contributed by atoms with E-state index in [1.54, 1.807) is 7.11 Å². The van der Waals surface area contributed by atoms with Crippen LogP contribution in [0.3, 0.4) is 0 Å². The van der Waals surface area contributed by atoms with Crippen molar-refractivity contribution in [1.29, 1.82) is 0 Å². The number of ether oxygens (including phenoxy) is 3. The molecule has 1 amide bonds. The van der Waals surface area contributed by atoms with Crippen LogP contribution in [0.25, 0.3) is 6.08 Å². The summed E-state index contributed by atoms with van der Waals surface area (Å²) in [6, 6.07) is 33.5. The summed E-state index contributed by atoms with van der Waals surface area (Å²) in [6.45, 7) is 0.497. The predicted octanol–water partition coefficient (Wildman–Crippen LogP) is 6.10. The maximum Gasteiger partial charge on any atom is 0.252 e. The minimum absolute atomic E-state index is 0.0366. The summed E-state index contributed by atoms with van der Waals surface area (Å²) < 4.78 is 17.9. The number of hydrogen-bond acceptors (Lipinski definition) is 6. The molecular weight excluding hydrogens is 564 g/mol. The van der Waals surface area contributed by atoms with Gasteiger partial charge in [0.2, 0.25) is 5.90 Å². The van der Waals surface area contributed by atoms with E-state index in [0.717, 1.165) is 29.5 Å². The summed E-state index contributed by atoms with van der Waals surface area (Å²) in [7, 11) is 1.63. The first-order valence-corrected chi connectivity index (χ1v) is 15.4. The Bertz CT molecular complexity index is 1640. The van der Waals surface area contributed by atoms with Gasteiger partial charge in [-0.3, -0.25) is 4.79 Å². The number of fused-ring (bicyclic) bond motifs is 1. The Kier molecular flexibility index (Phi) is 9.27. The first-order valence-electron chi connectivity index (χ1n) is 15.4. The molecule has 1 heterocycles. The normalized spacial score (nSPS) is 19.2. The Hall–Kier alpha value is -4.88. The molecule has 2 atom stereocenters. The smallest absolute Gasteiger partial charge is 0.252 e. The van der Waals surface area contributed by atoms with Crippen LogP contribution < -0.4 is 14.8 Å². The van der Waals surface area contributed by atoms with Gasteiger partial charge in [-0.1, -0.05) is 78.9 Å². The fourth-order valence-electron chi connectivity index (χ4n) is 6.03. The van der Waals surface area contributed by atoms with E-state index in [1.807, 2.05) is 103 Å². The van der Waals surface area contributed by atoms with Gasteiger partial charge >= 0.3 is 0 Å². The van der Waals surface area contributed by atoms with E-state index in [9.17, 15) is 4.79 Å². The quantitative estimate of drug-likeness (QED) is 0.191. The molecule has 0 spiro atoms. The van der Waals surface area contributed by atoms with Crippen molar-refractivity contribution in [3.63, 3.8) is 0 Å². The van der Waals surface area contributed by atoms with Crippen molar-refractivity contribution in [3.8, 4) is 11.5 Å². The Labute approximate surface area is 264 Å². The highest BCUT2D eigenvalue weighted by Crippen LogP contribution is 2.44. The van der Waals surface area contributed by atoms with Crippen LogP contribution in [0, 0.1) is 0 Å². The van der Waals surface area contributed by atoms with E-state index in [0.29, 0.717) is 36.8 Å². The van der Waals surface area contributed by atoms with Gasteiger partial charge in [0.15, 0.2) is 11.6 Å². The lowest BCUT2D eigenvalue weighted by atomic mass is 9.83. The Morgan fingerprint density at radius 1 is 0.956 bits per heavy atom. The SMILES string of the molecule is COc1cccc([C@H]2OC(c3ccc(OCCCO)cc3)=N[C@@]2(C/C=C/c2ccccc2)C(=O)NC2Cc3ccccc3C2)c1. The average Bonchev–Trinajstić information content (AvgIpc) is 3.68. The van der Waals surface area contributed by atoms with Gasteiger partial charge < -0.3 is 24.6 Å². The summed E-state index contributed by atoms with van der Waals surface area (Å²) in [4.78, 5) is 19.8. The lowest BCUT2D eigenvalue weighted by Gasteiger charge is -2.31. The van der Waals surface area contributed by atoms with Gasteiger partial charge in [-0.05, 0) is 71.5 Å². The van der Waals surface area contributed by atoms with E-state index >= 15 is 0 Å². The first kappa shape index (κ1) is 30.2. The van der Waals surface area contributed by atoms with Gasteiger partial charge in [-0.2, -0.15) is 0 Å². The number of nitrogens with zero attached hydrogens (tertiary/aromatic N) is 1. The van der Waals surface area contributed by atoms with Crippen LogP contribution in [0.5, 0.6) is 11.5 Å². The third kappa shape index (κ3) is 6.79. The van der Waals surface area contributed by atoms with Crippen LogP contribution in [0.2, 0.25) is 0 Å². The van der Waals surface area contributed by atoms with Gasteiger partial charge in [-0.25, -0.2) is 4.99 Å². The van der Waals surface area contributed by atoms with Crippen LogP contribution >= 0.6 is 0 Å². The number of nitrogens with one attached hydrogen (secondary N) is 1. The summed E-state index contributed by atoms with van der Waals surface area (Å²) >= 11 is 0. The number of carbonyl (C=O) groups excluding carboxylic acids is 1. The molecule has 6 rings (SSSR count). The Morgan fingerprint density at radius 2 is 1.69 bits per heavy atom. The molecule has 1 aliphatic carbocycles. The highest BCUT2D eigenvalue weighted by atomic mass is 16.5. The lowest BCUT2D eigenvalue weighted by molar-refractivity contribution is -0.129. The summed E-state index contributed by atoms with van der Waals surface area (Å²) in [5.41, 5.74) is 3.83. The van der Waals surface area contributed by atoms with Crippen molar-refractivity contribution in [1.82, 2.24) is 5.32 Å².